The molecule has 12 heavy (non-hydrogen) atoms. The Hall–Kier alpha value is 0.320. The van der Waals surface area contributed by atoms with Crippen molar-refractivity contribution >= 4 is 19.4 Å². The van der Waals surface area contributed by atoms with Gasteiger partial charge in [-0.1, -0.05) is 0 Å². The molecule has 0 aromatic heterocycles. The van der Waals surface area contributed by atoms with Crippen LogP contribution in [0.4, 0.5) is 0 Å². The molecule has 0 heterocycles. The minimum Gasteiger partial charge on any atom is -0.328 e. The Morgan fingerprint density at radius 2 is 2.17 bits per heavy atom. The second-order valence-corrected chi connectivity index (χ2v) is 3.40. The monoisotopic (exact) mass is 219 g/mol. The molecule has 0 amide bonds. The number of hydrogen-bond donors (Lipinski definition) is 2. The third kappa shape index (κ3) is 7.00. The molecule has 0 aromatic rings. The highest BCUT2D eigenvalue weighted by atomic mass is 35.5. The quantitative estimate of drug-likeness (QED) is 0.210. The second-order valence-electron chi connectivity index (χ2n) is 1.68. The summed E-state index contributed by atoms with van der Waals surface area (Å²) in [7, 11) is -4.10. The fraction of sp³-hybridized carbons (Fsp3) is 1.00. The first-order chi connectivity index (χ1) is 5.62. The van der Waals surface area contributed by atoms with Gasteiger partial charge in [-0.05, 0) is 0 Å². The smallest absolute Gasteiger partial charge is 0.328 e. The van der Waals surface area contributed by atoms with Gasteiger partial charge in [-0.25, -0.2) is 9.45 Å². The molecule has 0 fully saturated rings. The van der Waals surface area contributed by atoms with Gasteiger partial charge in [0.1, 0.15) is 0 Å². The van der Waals surface area contributed by atoms with Crippen LogP contribution < -0.4 is 5.73 Å². The van der Waals surface area contributed by atoms with Gasteiger partial charge in [0.05, 0.1) is 13.2 Å². The first-order valence-electron chi connectivity index (χ1n) is 3.17. The molecule has 6 nitrogen and oxygen atoms in total. The standard InChI is InChI=1S/C4H11ClNO5P/c5-1-3-9-11-12(7,8)10-4-2-6/h1-4,6H2,(H,7,8). The first kappa shape index (κ1) is 12.3. The Morgan fingerprint density at radius 1 is 1.50 bits per heavy atom. The second kappa shape index (κ2) is 6.80. The average Bonchev–Trinajstić information content (AvgIpc) is 2.01. The van der Waals surface area contributed by atoms with Crippen molar-refractivity contribution in [1.82, 2.24) is 0 Å². The molecule has 0 aromatic carbocycles. The van der Waals surface area contributed by atoms with E-state index in [1.165, 1.54) is 0 Å². The van der Waals surface area contributed by atoms with Crippen molar-refractivity contribution in [2.45, 2.75) is 0 Å². The largest absolute Gasteiger partial charge is 0.499 e. The highest BCUT2D eigenvalue weighted by molar-refractivity contribution is 7.47. The third-order valence-corrected chi connectivity index (χ3v) is 1.64. The lowest BCUT2D eigenvalue weighted by molar-refractivity contribution is -0.219. The van der Waals surface area contributed by atoms with Gasteiger partial charge in [0, 0.05) is 12.4 Å². The van der Waals surface area contributed by atoms with Crippen LogP contribution in [0.2, 0.25) is 0 Å². The van der Waals surface area contributed by atoms with E-state index < -0.39 is 7.82 Å². The number of phosphoric ester groups is 1. The number of halogens is 1. The molecule has 0 radical (unpaired) electrons. The Morgan fingerprint density at radius 3 is 2.67 bits per heavy atom. The lowest BCUT2D eigenvalue weighted by Gasteiger charge is -2.08. The number of hydrogen-bond acceptors (Lipinski definition) is 5. The summed E-state index contributed by atoms with van der Waals surface area (Å²) in [5.74, 6) is 0.164. The SMILES string of the molecule is NCCOP(=O)(O)OOCCCl. The molecule has 1 unspecified atom stereocenters. The van der Waals surface area contributed by atoms with E-state index in [4.69, 9.17) is 22.2 Å². The van der Waals surface area contributed by atoms with E-state index >= 15 is 0 Å². The molecule has 0 rings (SSSR count). The van der Waals surface area contributed by atoms with Crippen molar-refractivity contribution in [3.8, 4) is 0 Å². The van der Waals surface area contributed by atoms with Crippen molar-refractivity contribution in [3.05, 3.63) is 0 Å². The summed E-state index contributed by atoms with van der Waals surface area (Å²) < 4.78 is 19.1. The maximum absolute atomic E-state index is 10.7. The van der Waals surface area contributed by atoms with Crippen LogP contribution in [0.25, 0.3) is 0 Å². The fourth-order valence-electron chi connectivity index (χ4n) is 0.325. The topological polar surface area (TPSA) is 91.0 Å². The molecule has 0 aliphatic carbocycles. The molecule has 0 saturated heterocycles. The minimum atomic E-state index is -4.10. The summed E-state index contributed by atoms with van der Waals surface area (Å²) in [5, 5.41) is 0. The molecule has 3 N–H and O–H groups in total. The van der Waals surface area contributed by atoms with Crippen LogP contribution in [0.3, 0.4) is 0 Å². The van der Waals surface area contributed by atoms with Crippen molar-refractivity contribution in [2.75, 3.05) is 25.6 Å². The summed E-state index contributed by atoms with van der Waals surface area (Å²) >= 11 is 5.20. The van der Waals surface area contributed by atoms with E-state index in [1.807, 2.05) is 0 Å². The van der Waals surface area contributed by atoms with Crippen LogP contribution in [0.5, 0.6) is 0 Å². The van der Waals surface area contributed by atoms with Gasteiger partial charge in [-0.3, -0.25) is 4.52 Å². The highest BCUT2D eigenvalue weighted by Crippen LogP contribution is 2.42. The Labute approximate surface area is 75.1 Å². The summed E-state index contributed by atoms with van der Waals surface area (Å²) in [6.07, 6.45) is 0. The molecule has 0 bridgehead atoms. The summed E-state index contributed by atoms with van der Waals surface area (Å²) in [4.78, 5) is 13.0. The van der Waals surface area contributed by atoms with Crippen LogP contribution in [-0.2, 0) is 18.7 Å². The molecule has 0 saturated carbocycles. The molecule has 0 aliphatic heterocycles. The van der Waals surface area contributed by atoms with Gasteiger partial charge in [0.25, 0.3) is 0 Å². The molecule has 1 atom stereocenters. The van der Waals surface area contributed by atoms with E-state index in [2.05, 4.69) is 14.1 Å². The lowest BCUT2D eigenvalue weighted by atomic mass is 10.8. The zero-order valence-corrected chi connectivity index (χ0v) is 7.96. The minimum absolute atomic E-state index is 0.0120. The van der Waals surface area contributed by atoms with Crippen molar-refractivity contribution < 1.29 is 23.5 Å². The predicted molar refractivity (Wildman–Crippen MR) is 42.6 cm³/mol. The van der Waals surface area contributed by atoms with Gasteiger partial charge in [0.15, 0.2) is 0 Å². The Bertz CT molecular complexity index is 156. The van der Waals surface area contributed by atoms with Crippen LogP contribution >= 0.6 is 19.4 Å². The fourth-order valence-corrected chi connectivity index (χ4v) is 0.975. The summed E-state index contributed by atoms with van der Waals surface area (Å²) in [6, 6.07) is 0. The van der Waals surface area contributed by atoms with Gasteiger partial charge in [-0.15, -0.1) is 16.3 Å². The number of alkyl halides is 1. The van der Waals surface area contributed by atoms with E-state index in [0.29, 0.717) is 0 Å². The average molecular weight is 220 g/mol. The molecule has 0 aliphatic rings. The van der Waals surface area contributed by atoms with Crippen molar-refractivity contribution in [3.63, 3.8) is 0 Å². The molecule has 8 heteroatoms. The van der Waals surface area contributed by atoms with Crippen LogP contribution in [0.1, 0.15) is 0 Å². The normalized spacial score (nSPS) is 15.9. The van der Waals surface area contributed by atoms with Gasteiger partial charge >= 0.3 is 7.82 Å². The van der Waals surface area contributed by atoms with Gasteiger partial charge < -0.3 is 10.6 Å². The number of phosphoric acid groups is 1. The number of rotatable bonds is 7. The van der Waals surface area contributed by atoms with Gasteiger partial charge in [0.2, 0.25) is 0 Å². The molecule has 0 spiro atoms. The molecule has 74 valence electrons. The van der Waals surface area contributed by atoms with Crippen molar-refractivity contribution in [2.24, 2.45) is 5.73 Å². The first-order valence-corrected chi connectivity index (χ1v) is 5.20. The zero-order valence-electron chi connectivity index (χ0n) is 6.31. The Kier molecular flexibility index (Phi) is 6.98. The maximum Gasteiger partial charge on any atom is 0.499 e. The Balaban J connectivity index is 3.49. The van der Waals surface area contributed by atoms with E-state index in [-0.39, 0.29) is 25.6 Å². The van der Waals surface area contributed by atoms with Crippen molar-refractivity contribution in [1.29, 1.82) is 0 Å². The third-order valence-electron chi connectivity index (χ3n) is 0.680. The van der Waals surface area contributed by atoms with E-state index in [0.717, 1.165) is 0 Å². The summed E-state index contributed by atoms with van der Waals surface area (Å²) in [5.41, 5.74) is 5.02. The molecular weight excluding hydrogens is 208 g/mol. The van der Waals surface area contributed by atoms with Gasteiger partial charge in [-0.2, -0.15) is 0 Å². The highest BCUT2D eigenvalue weighted by Gasteiger charge is 2.21. The molecular formula is C4H11ClNO5P. The zero-order chi connectivity index (χ0) is 9.45. The van der Waals surface area contributed by atoms with Crippen LogP contribution in [-0.4, -0.2) is 30.5 Å². The number of nitrogens with two attached hydrogens (primary N) is 1. The summed E-state index contributed by atoms with van der Waals surface area (Å²) in [6.45, 7) is 0.0690. The van der Waals surface area contributed by atoms with E-state index in [9.17, 15) is 4.57 Å². The maximum atomic E-state index is 10.7. The lowest BCUT2D eigenvalue weighted by Crippen LogP contribution is -2.08. The van der Waals surface area contributed by atoms with Crippen LogP contribution in [0, 0.1) is 0 Å². The predicted octanol–water partition coefficient (Wildman–Crippen LogP) is 0.249. The van der Waals surface area contributed by atoms with Crippen LogP contribution in [0.15, 0.2) is 0 Å². The van der Waals surface area contributed by atoms with E-state index in [1.54, 1.807) is 0 Å².